The number of allylic oxidation sites excluding steroid dienone is 1. The summed E-state index contributed by atoms with van der Waals surface area (Å²) in [6, 6.07) is 13.7. The smallest absolute Gasteiger partial charge is 0.312 e. The minimum absolute atomic E-state index is 0.0161. The van der Waals surface area contributed by atoms with E-state index in [0.29, 0.717) is 33.9 Å². The van der Waals surface area contributed by atoms with Gasteiger partial charge in [-0.05, 0) is 53.6 Å². The molecule has 0 spiro atoms. The molecule has 194 valence electrons. The molecule has 0 aromatic heterocycles. The minimum Gasteiger partial charge on any atom is -0.497 e. The monoisotopic (exact) mass is 516 g/mol. The Morgan fingerprint density at radius 2 is 1.61 bits per heavy atom. The number of rotatable bonds is 6. The number of fused-ring (bicyclic) bond motifs is 3. The van der Waals surface area contributed by atoms with Gasteiger partial charge in [0.2, 0.25) is 11.5 Å². The number of hydrogen-bond acceptors (Lipinski definition) is 9. The Morgan fingerprint density at radius 1 is 0.921 bits per heavy atom. The molecule has 3 aromatic rings. The topological polar surface area (TPSA) is 107 Å². The predicted molar refractivity (Wildman–Crippen MR) is 135 cm³/mol. The van der Waals surface area contributed by atoms with E-state index < -0.39 is 17.9 Å². The summed E-state index contributed by atoms with van der Waals surface area (Å²) in [6.45, 7) is 1.27. The predicted octanol–water partition coefficient (Wildman–Crippen LogP) is 4.69. The van der Waals surface area contributed by atoms with Crippen LogP contribution in [-0.4, -0.2) is 39.1 Å². The second kappa shape index (κ2) is 9.93. The molecule has 0 N–H and O–H groups in total. The van der Waals surface area contributed by atoms with Crippen molar-refractivity contribution < 1.29 is 42.8 Å². The number of ether oxygens (including phenoxy) is 6. The zero-order valence-electron chi connectivity index (χ0n) is 21.2. The van der Waals surface area contributed by atoms with Gasteiger partial charge in [-0.1, -0.05) is 12.1 Å². The van der Waals surface area contributed by atoms with Gasteiger partial charge in [0.1, 0.15) is 17.2 Å². The summed E-state index contributed by atoms with van der Waals surface area (Å²) >= 11 is 0. The zero-order valence-corrected chi connectivity index (χ0v) is 21.2. The molecule has 2 aliphatic heterocycles. The minimum atomic E-state index is -0.552. The lowest BCUT2D eigenvalue weighted by Gasteiger charge is -2.27. The van der Waals surface area contributed by atoms with Crippen LogP contribution in [0.1, 0.15) is 46.3 Å². The number of benzene rings is 3. The highest BCUT2D eigenvalue weighted by Crippen LogP contribution is 2.51. The van der Waals surface area contributed by atoms with Gasteiger partial charge in [0, 0.05) is 18.4 Å². The Hall–Kier alpha value is -4.79. The van der Waals surface area contributed by atoms with Crippen LogP contribution in [0.15, 0.2) is 54.3 Å². The molecule has 3 aromatic carbocycles. The first-order valence-corrected chi connectivity index (χ1v) is 11.7. The summed E-state index contributed by atoms with van der Waals surface area (Å²) in [4.78, 5) is 37.5. The van der Waals surface area contributed by atoms with E-state index in [1.165, 1.54) is 21.1 Å². The van der Waals surface area contributed by atoms with Crippen LogP contribution in [0, 0.1) is 0 Å². The molecule has 0 saturated heterocycles. The van der Waals surface area contributed by atoms with Crippen LogP contribution in [0.5, 0.6) is 34.5 Å². The van der Waals surface area contributed by atoms with E-state index in [0.717, 1.165) is 5.56 Å². The van der Waals surface area contributed by atoms with E-state index in [9.17, 15) is 14.4 Å². The molecule has 0 bridgehead atoms. The normalized spacial score (nSPS) is 16.7. The summed E-state index contributed by atoms with van der Waals surface area (Å²) in [6.07, 6.45) is 1.63. The van der Waals surface area contributed by atoms with Crippen molar-refractivity contribution >= 4 is 23.8 Å². The van der Waals surface area contributed by atoms with Crippen LogP contribution in [0.4, 0.5) is 0 Å². The third kappa shape index (κ3) is 4.43. The molecule has 1 atom stereocenters. The van der Waals surface area contributed by atoms with Crippen molar-refractivity contribution in [1.29, 1.82) is 0 Å². The number of esters is 2. The summed E-state index contributed by atoms with van der Waals surface area (Å²) in [5.74, 6) is 0.270. The van der Waals surface area contributed by atoms with Crippen LogP contribution in [0.25, 0.3) is 6.08 Å². The Kier molecular flexibility index (Phi) is 6.50. The van der Waals surface area contributed by atoms with E-state index in [4.69, 9.17) is 28.4 Å². The quantitative estimate of drug-likeness (QED) is 0.262. The molecule has 1 unspecified atom stereocenters. The third-order valence-electron chi connectivity index (χ3n) is 6.32. The summed E-state index contributed by atoms with van der Waals surface area (Å²) < 4.78 is 33.1. The first kappa shape index (κ1) is 24.9. The molecule has 0 amide bonds. The first-order chi connectivity index (χ1) is 18.3. The Bertz CT molecular complexity index is 1460. The van der Waals surface area contributed by atoms with Crippen molar-refractivity contribution in [3.05, 3.63) is 76.5 Å². The third-order valence-corrected chi connectivity index (χ3v) is 6.32. The van der Waals surface area contributed by atoms with E-state index in [1.807, 2.05) is 12.1 Å². The average molecular weight is 517 g/mol. The fraction of sp³-hybridized carbons (Fsp3) is 0.207. The van der Waals surface area contributed by atoms with Crippen LogP contribution < -0.4 is 28.4 Å². The van der Waals surface area contributed by atoms with Crippen molar-refractivity contribution in [2.24, 2.45) is 0 Å². The molecular weight excluding hydrogens is 492 g/mol. The van der Waals surface area contributed by atoms with Crippen molar-refractivity contribution in [1.82, 2.24) is 0 Å². The maximum absolute atomic E-state index is 13.3. The van der Waals surface area contributed by atoms with Gasteiger partial charge in [0.15, 0.2) is 17.3 Å². The molecule has 38 heavy (non-hydrogen) atoms. The Balaban J connectivity index is 1.60. The molecule has 2 heterocycles. The number of Topliss-reactive ketones (excluding diaryl/α,β-unsaturated/α-hetero) is 1. The SMILES string of the molecule is COc1ccc(/C=C2\Oc3c(ccc4c3C(c3cc(OC)c(OC(C)=O)c(OC)c3)CC(=O)O4)C2=O)cc1. The maximum Gasteiger partial charge on any atom is 0.312 e. The second-order valence-corrected chi connectivity index (χ2v) is 8.65. The summed E-state index contributed by atoms with van der Waals surface area (Å²) in [5.41, 5.74) is 2.30. The number of hydrogen-bond donors (Lipinski definition) is 0. The van der Waals surface area contributed by atoms with Crippen molar-refractivity contribution in [2.45, 2.75) is 19.3 Å². The van der Waals surface area contributed by atoms with Gasteiger partial charge in [-0.2, -0.15) is 0 Å². The van der Waals surface area contributed by atoms with Gasteiger partial charge in [0.05, 0.1) is 33.3 Å². The van der Waals surface area contributed by atoms with Gasteiger partial charge in [-0.25, -0.2) is 0 Å². The average Bonchev–Trinajstić information content (AvgIpc) is 3.23. The lowest BCUT2D eigenvalue weighted by Crippen LogP contribution is -2.21. The lowest BCUT2D eigenvalue weighted by molar-refractivity contribution is -0.135. The van der Waals surface area contributed by atoms with Crippen molar-refractivity contribution in [2.75, 3.05) is 21.3 Å². The van der Waals surface area contributed by atoms with E-state index in [1.54, 1.807) is 49.6 Å². The van der Waals surface area contributed by atoms with Crippen molar-refractivity contribution in [3.8, 4) is 34.5 Å². The van der Waals surface area contributed by atoms with Crippen LogP contribution in [0.3, 0.4) is 0 Å². The highest BCUT2D eigenvalue weighted by molar-refractivity contribution is 6.15. The molecule has 0 aliphatic carbocycles. The van der Waals surface area contributed by atoms with E-state index in [2.05, 4.69) is 0 Å². The van der Waals surface area contributed by atoms with Crippen LogP contribution >= 0.6 is 0 Å². The molecule has 2 aliphatic rings. The number of carbonyl (C=O) groups is 3. The van der Waals surface area contributed by atoms with Crippen molar-refractivity contribution in [3.63, 3.8) is 0 Å². The lowest BCUT2D eigenvalue weighted by atomic mass is 9.84. The summed E-state index contributed by atoms with van der Waals surface area (Å²) in [5, 5.41) is 0. The number of carbonyl (C=O) groups excluding carboxylic acids is 3. The Labute approximate surface area is 218 Å². The number of methoxy groups -OCH3 is 3. The fourth-order valence-electron chi connectivity index (χ4n) is 4.59. The van der Waals surface area contributed by atoms with E-state index in [-0.39, 0.29) is 35.2 Å². The standard InChI is InChI=1S/C29H24O9/c1-15(30)36-29-23(34-3)12-17(13-24(29)35-4)20-14-25(31)37-21-10-9-19-27(32)22(38-28(19)26(20)21)11-16-5-7-18(33-2)8-6-16/h5-13,20H,14H2,1-4H3/b22-11-. The molecule has 0 saturated carbocycles. The molecule has 9 nitrogen and oxygen atoms in total. The summed E-state index contributed by atoms with van der Waals surface area (Å²) in [7, 11) is 4.45. The maximum atomic E-state index is 13.3. The van der Waals surface area contributed by atoms with Gasteiger partial charge >= 0.3 is 11.9 Å². The molecule has 5 rings (SSSR count). The van der Waals surface area contributed by atoms with Gasteiger partial charge in [-0.15, -0.1) is 0 Å². The highest BCUT2D eigenvalue weighted by Gasteiger charge is 2.39. The van der Waals surface area contributed by atoms with Gasteiger partial charge in [0.25, 0.3) is 0 Å². The van der Waals surface area contributed by atoms with Gasteiger partial charge < -0.3 is 28.4 Å². The largest absolute Gasteiger partial charge is 0.497 e. The highest BCUT2D eigenvalue weighted by atomic mass is 16.6. The van der Waals surface area contributed by atoms with E-state index >= 15 is 0 Å². The number of ketones is 1. The first-order valence-electron chi connectivity index (χ1n) is 11.7. The van der Waals surface area contributed by atoms with Gasteiger partial charge in [-0.3, -0.25) is 14.4 Å². The second-order valence-electron chi connectivity index (χ2n) is 8.65. The van der Waals surface area contributed by atoms with Crippen LogP contribution in [-0.2, 0) is 9.59 Å². The molecular formula is C29H24O9. The Morgan fingerprint density at radius 3 is 2.21 bits per heavy atom. The molecule has 0 fully saturated rings. The van der Waals surface area contributed by atoms with Crippen LogP contribution in [0.2, 0.25) is 0 Å². The molecule has 9 heteroatoms. The molecule has 0 radical (unpaired) electrons. The zero-order chi connectivity index (χ0) is 27.0. The fourth-order valence-corrected chi connectivity index (χ4v) is 4.59.